The fourth-order valence-corrected chi connectivity index (χ4v) is 5.96. The minimum absolute atomic E-state index is 0.112. The maximum atomic E-state index is 12.2. The molecule has 0 heterocycles. The molecule has 0 bridgehead atoms. The Morgan fingerprint density at radius 1 is 0.348 bits per heavy atom. The molecule has 1 N–H and O–H groups in total. The van der Waals surface area contributed by atoms with E-state index in [1.807, 2.05) is 0 Å². The summed E-state index contributed by atoms with van der Waals surface area (Å²) in [6, 6.07) is 0. The highest BCUT2D eigenvalue weighted by Gasteiger charge is 2.16. The highest BCUT2D eigenvalue weighted by atomic mass is 16.6. The number of carbonyl (C=O) groups is 2. The molecule has 0 radical (unpaired) electrons. The molecular weight excluding hydrogens is 813 g/mol. The van der Waals surface area contributed by atoms with Crippen LogP contribution in [0.5, 0.6) is 0 Å². The van der Waals surface area contributed by atoms with Crippen LogP contribution >= 0.6 is 0 Å². The summed E-state index contributed by atoms with van der Waals surface area (Å²) in [5.41, 5.74) is 0. The standard InChI is InChI=1S/C61H90O5/c1-3-5-7-9-11-13-15-17-18-19-20-21-22-23-24-25-26-27-28-29-30-31-32-33-34-35-36-37-38-39-40-41-42-44-46-48-50-52-54-56-61(64)66-59(57-62)58-65-60(63)55-53-51-49-47-45-43-16-14-12-10-8-6-4-2/h5-8,11-14,17-18,20-21,23-24,26-27,29-30,32-33,35-36,38-39,41-43,45-46,48,59,62H,3-4,9-10,15-16,19,22,25,28,31,34,37,40,44,47,49-58H2,1-2H3/b7-5-,8-6-,13-11-,14-12-,18-17-,21-20-,24-23-,27-26-,30-29-,33-32-,36-35-,39-38-,42-41-,45-43-,48-46-. The Labute approximate surface area is 404 Å². The van der Waals surface area contributed by atoms with Gasteiger partial charge in [-0.3, -0.25) is 9.59 Å². The molecule has 0 rings (SSSR count). The van der Waals surface area contributed by atoms with E-state index in [0.717, 1.165) is 135 Å². The summed E-state index contributed by atoms with van der Waals surface area (Å²) in [6.45, 7) is 3.81. The van der Waals surface area contributed by atoms with Gasteiger partial charge in [-0.2, -0.15) is 0 Å². The maximum Gasteiger partial charge on any atom is 0.306 e. The van der Waals surface area contributed by atoms with E-state index < -0.39 is 6.10 Å². The summed E-state index contributed by atoms with van der Waals surface area (Å²) in [7, 11) is 0. The molecule has 0 aliphatic carbocycles. The number of aliphatic hydroxyl groups is 1. The summed E-state index contributed by atoms with van der Waals surface area (Å²) in [5, 5.41) is 9.58. The van der Waals surface area contributed by atoms with E-state index in [2.05, 4.69) is 196 Å². The summed E-state index contributed by atoms with van der Waals surface area (Å²) in [6.07, 6.45) is 87.1. The van der Waals surface area contributed by atoms with Gasteiger partial charge >= 0.3 is 11.9 Å². The maximum absolute atomic E-state index is 12.2. The van der Waals surface area contributed by atoms with Crippen LogP contribution in [0.1, 0.15) is 168 Å². The third-order valence-corrected chi connectivity index (χ3v) is 9.69. The molecule has 0 aromatic rings. The molecule has 1 unspecified atom stereocenters. The van der Waals surface area contributed by atoms with E-state index in [9.17, 15) is 14.7 Å². The summed E-state index contributed by atoms with van der Waals surface area (Å²) in [5.74, 6) is -0.696. The number of rotatable bonds is 43. The van der Waals surface area contributed by atoms with E-state index in [-0.39, 0.29) is 31.6 Å². The zero-order valence-electron chi connectivity index (χ0n) is 41.4. The zero-order valence-corrected chi connectivity index (χ0v) is 41.4. The second kappa shape index (κ2) is 54.3. The van der Waals surface area contributed by atoms with E-state index >= 15 is 0 Å². The molecule has 0 saturated carbocycles. The Hall–Kier alpha value is -5.00. The van der Waals surface area contributed by atoms with E-state index in [0.29, 0.717) is 12.8 Å². The normalized spacial score (nSPS) is 13.8. The Balaban J connectivity index is 3.75. The average molecular weight is 903 g/mol. The van der Waals surface area contributed by atoms with Crippen LogP contribution in [-0.4, -0.2) is 36.4 Å². The van der Waals surface area contributed by atoms with E-state index in [4.69, 9.17) is 9.47 Å². The van der Waals surface area contributed by atoms with Crippen molar-refractivity contribution in [2.75, 3.05) is 13.2 Å². The molecular formula is C61H90O5. The Morgan fingerprint density at radius 2 is 0.606 bits per heavy atom. The molecule has 364 valence electrons. The van der Waals surface area contributed by atoms with Gasteiger partial charge in [0.1, 0.15) is 6.61 Å². The minimum atomic E-state index is -0.821. The van der Waals surface area contributed by atoms with Crippen LogP contribution in [0.4, 0.5) is 0 Å². The van der Waals surface area contributed by atoms with Crippen molar-refractivity contribution in [2.45, 2.75) is 174 Å². The Bertz CT molecular complexity index is 1580. The predicted octanol–water partition coefficient (Wildman–Crippen LogP) is 17.2. The predicted molar refractivity (Wildman–Crippen MR) is 287 cm³/mol. The lowest BCUT2D eigenvalue weighted by Crippen LogP contribution is -2.28. The van der Waals surface area contributed by atoms with Gasteiger partial charge in [0, 0.05) is 12.8 Å². The van der Waals surface area contributed by atoms with Gasteiger partial charge < -0.3 is 14.6 Å². The van der Waals surface area contributed by atoms with Crippen LogP contribution in [0.3, 0.4) is 0 Å². The zero-order chi connectivity index (χ0) is 47.7. The highest BCUT2D eigenvalue weighted by molar-refractivity contribution is 5.70. The number of esters is 2. The van der Waals surface area contributed by atoms with Crippen LogP contribution in [-0.2, 0) is 19.1 Å². The third-order valence-electron chi connectivity index (χ3n) is 9.69. The fourth-order valence-electron chi connectivity index (χ4n) is 5.96. The van der Waals surface area contributed by atoms with Crippen molar-refractivity contribution < 1.29 is 24.2 Å². The number of ether oxygens (including phenoxy) is 2. The monoisotopic (exact) mass is 903 g/mol. The Kier molecular flexibility index (Phi) is 50.2. The Morgan fingerprint density at radius 3 is 0.909 bits per heavy atom. The van der Waals surface area contributed by atoms with Crippen molar-refractivity contribution in [1.82, 2.24) is 0 Å². The SMILES string of the molecule is CC/C=C\C/C=C\C/C=C\C/C=C\C/C=C\C/C=C\C/C=C\C/C=C\C/C=C\C/C=C\C/C=C\C/C=C\CCCCC(=O)OC(CO)COC(=O)CCCCC/C=C\C/C=C\C/C=C\CC. The minimum Gasteiger partial charge on any atom is -0.462 e. The number of carbonyl (C=O) groups excluding carboxylic acids is 2. The van der Waals surface area contributed by atoms with Gasteiger partial charge in [0.15, 0.2) is 6.10 Å². The van der Waals surface area contributed by atoms with Gasteiger partial charge in [-0.15, -0.1) is 0 Å². The molecule has 0 aliphatic rings. The summed E-state index contributed by atoms with van der Waals surface area (Å²) >= 11 is 0. The lowest BCUT2D eigenvalue weighted by molar-refractivity contribution is -0.161. The molecule has 1 atom stereocenters. The molecule has 0 fully saturated rings. The van der Waals surface area contributed by atoms with Crippen LogP contribution in [0.2, 0.25) is 0 Å². The lowest BCUT2D eigenvalue weighted by Gasteiger charge is -2.15. The molecule has 66 heavy (non-hydrogen) atoms. The first-order valence-electron chi connectivity index (χ1n) is 25.3. The van der Waals surface area contributed by atoms with Crippen molar-refractivity contribution >= 4 is 11.9 Å². The number of allylic oxidation sites excluding steroid dienone is 30. The molecule has 0 amide bonds. The van der Waals surface area contributed by atoms with Crippen LogP contribution in [0.15, 0.2) is 182 Å². The number of aliphatic hydroxyl groups excluding tert-OH is 1. The van der Waals surface area contributed by atoms with Crippen molar-refractivity contribution in [1.29, 1.82) is 0 Å². The van der Waals surface area contributed by atoms with Crippen molar-refractivity contribution in [3.63, 3.8) is 0 Å². The first-order valence-corrected chi connectivity index (χ1v) is 25.3. The number of hydrogen-bond acceptors (Lipinski definition) is 5. The van der Waals surface area contributed by atoms with Gasteiger partial charge in [0.25, 0.3) is 0 Å². The molecule has 5 nitrogen and oxygen atoms in total. The summed E-state index contributed by atoms with van der Waals surface area (Å²) in [4.78, 5) is 24.3. The topological polar surface area (TPSA) is 72.8 Å². The van der Waals surface area contributed by atoms with Gasteiger partial charge in [0.2, 0.25) is 0 Å². The van der Waals surface area contributed by atoms with E-state index in [1.165, 1.54) is 0 Å². The molecule has 0 saturated heterocycles. The number of hydrogen-bond donors (Lipinski definition) is 1. The van der Waals surface area contributed by atoms with Gasteiger partial charge in [-0.25, -0.2) is 0 Å². The van der Waals surface area contributed by atoms with Gasteiger partial charge in [-0.05, 0) is 135 Å². The second-order valence-electron chi connectivity index (χ2n) is 15.8. The quantitative estimate of drug-likeness (QED) is 0.0375. The molecule has 0 spiro atoms. The van der Waals surface area contributed by atoms with Crippen molar-refractivity contribution in [3.05, 3.63) is 182 Å². The van der Waals surface area contributed by atoms with Crippen LogP contribution < -0.4 is 0 Å². The van der Waals surface area contributed by atoms with Gasteiger partial charge in [0.05, 0.1) is 6.61 Å². The van der Waals surface area contributed by atoms with Gasteiger partial charge in [-0.1, -0.05) is 203 Å². The van der Waals surface area contributed by atoms with Crippen molar-refractivity contribution in [2.24, 2.45) is 0 Å². The lowest BCUT2D eigenvalue weighted by atomic mass is 10.1. The first kappa shape index (κ1) is 61.0. The largest absolute Gasteiger partial charge is 0.462 e. The highest BCUT2D eigenvalue weighted by Crippen LogP contribution is 2.09. The van der Waals surface area contributed by atoms with Crippen LogP contribution in [0.25, 0.3) is 0 Å². The molecule has 0 aromatic heterocycles. The fraction of sp³-hybridized carbons (Fsp3) is 0.475. The second-order valence-corrected chi connectivity index (χ2v) is 15.8. The first-order chi connectivity index (χ1) is 32.6. The van der Waals surface area contributed by atoms with E-state index in [1.54, 1.807) is 0 Å². The molecule has 5 heteroatoms. The molecule has 0 aromatic carbocycles. The third kappa shape index (κ3) is 51.6. The number of unbranched alkanes of at least 4 members (excludes halogenated alkanes) is 5. The smallest absolute Gasteiger partial charge is 0.306 e. The van der Waals surface area contributed by atoms with Crippen molar-refractivity contribution in [3.8, 4) is 0 Å². The average Bonchev–Trinajstić information content (AvgIpc) is 3.32. The van der Waals surface area contributed by atoms with Crippen LogP contribution in [0, 0.1) is 0 Å². The summed E-state index contributed by atoms with van der Waals surface area (Å²) < 4.78 is 10.6. The molecule has 0 aliphatic heterocycles.